The Morgan fingerprint density at radius 2 is 1.67 bits per heavy atom. The summed E-state index contributed by atoms with van der Waals surface area (Å²) in [5, 5.41) is 7.89. The molecule has 154 valence electrons. The molecule has 0 aliphatic carbocycles. The quantitative estimate of drug-likeness (QED) is 0.527. The van der Waals surface area contributed by atoms with E-state index in [9.17, 15) is 8.42 Å². The lowest BCUT2D eigenvalue weighted by atomic mass is 10.1. The molecular formula is C22H23N5O2S. The molecule has 0 radical (unpaired) electrons. The molecule has 0 amide bonds. The molecule has 1 N–H and O–H groups in total. The SMILES string of the molecule is Cc1cc2nc(-c3ccccc3C)cc(Nc3ccc(S(=O)(=O)N(C)C)cc3)n2n1. The van der Waals surface area contributed by atoms with E-state index in [4.69, 9.17) is 4.98 Å². The molecular weight excluding hydrogens is 398 g/mol. The molecule has 7 nitrogen and oxygen atoms in total. The maximum atomic E-state index is 12.3. The number of aromatic nitrogens is 3. The van der Waals surface area contributed by atoms with Gasteiger partial charge in [-0.3, -0.25) is 0 Å². The molecule has 0 saturated heterocycles. The molecule has 0 aliphatic heterocycles. The van der Waals surface area contributed by atoms with Crippen LogP contribution in [0.25, 0.3) is 16.9 Å². The first-order valence-corrected chi connectivity index (χ1v) is 10.9. The molecule has 0 bridgehead atoms. The topological polar surface area (TPSA) is 79.6 Å². The Bertz CT molecular complexity index is 1330. The van der Waals surface area contributed by atoms with E-state index >= 15 is 0 Å². The number of hydrogen-bond donors (Lipinski definition) is 1. The van der Waals surface area contributed by atoms with Crippen LogP contribution in [0.3, 0.4) is 0 Å². The summed E-state index contributed by atoms with van der Waals surface area (Å²) in [4.78, 5) is 5.01. The van der Waals surface area contributed by atoms with Crippen LogP contribution in [-0.2, 0) is 10.0 Å². The summed E-state index contributed by atoms with van der Waals surface area (Å²) in [6.45, 7) is 3.98. The summed E-state index contributed by atoms with van der Waals surface area (Å²) in [6, 6.07) is 18.6. The minimum atomic E-state index is -3.47. The fourth-order valence-corrected chi connectivity index (χ4v) is 4.15. The number of aryl methyl sites for hydroxylation is 2. The third kappa shape index (κ3) is 3.67. The van der Waals surface area contributed by atoms with E-state index in [-0.39, 0.29) is 4.90 Å². The lowest BCUT2D eigenvalue weighted by molar-refractivity contribution is 0.521. The number of fused-ring (bicyclic) bond motifs is 1. The molecule has 0 unspecified atom stereocenters. The van der Waals surface area contributed by atoms with Gasteiger partial charge in [0.25, 0.3) is 0 Å². The second-order valence-corrected chi connectivity index (χ2v) is 9.49. The highest BCUT2D eigenvalue weighted by Crippen LogP contribution is 2.27. The second-order valence-electron chi connectivity index (χ2n) is 7.33. The third-order valence-corrected chi connectivity index (χ3v) is 6.70. The van der Waals surface area contributed by atoms with E-state index < -0.39 is 10.0 Å². The number of benzene rings is 2. The molecule has 0 atom stereocenters. The summed E-state index contributed by atoms with van der Waals surface area (Å²) >= 11 is 0. The van der Waals surface area contributed by atoms with Crippen LogP contribution in [0.5, 0.6) is 0 Å². The molecule has 0 fully saturated rings. The van der Waals surface area contributed by atoms with Crippen LogP contribution in [0.4, 0.5) is 11.5 Å². The van der Waals surface area contributed by atoms with Crippen LogP contribution < -0.4 is 5.32 Å². The zero-order valence-corrected chi connectivity index (χ0v) is 18.1. The Kier molecular flexibility index (Phi) is 5.05. The largest absolute Gasteiger partial charge is 0.340 e. The number of hydrogen-bond acceptors (Lipinski definition) is 5. The Hall–Kier alpha value is -3.23. The predicted molar refractivity (Wildman–Crippen MR) is 118 cm³/mol. The van der Waals surface area contributed by atoms with Crippen molar-refractivity contribution < 1.29 is 8.42 Å². The minimum absolute atomic E-state index is 0.244. The van der Waals surface area contributed by atoms with Crippen molar-refractivity contribution in [2.75, 3.05) is 19.4 Å². The molecule has 2 aromatic heterocycles. The Labute approximate surface area is 176 Å². The first-order valence-electron chi connectivity index (χ1n) is 9.49. The highest BCUT2D eigenvalue weighted by molar-refractivity contribution is 7.89. The van der Waals surface area contributed by atoms with Gasteiger partial charge in [0.2, 0.25) is 10.0 Å². The molecule has 0 saturated carbocycles. The zero-order chi connectivity index (χ0) is 21.5. The molecule has 4 rings (SSSR count). The average molecular weight is 422 g/mol. The lowest BCUT2D eigenvalue weighted by Crippen LogP contribution is -2.22. The Morgan fingerprint density at radius 1 is 0.967 bits per heavy atom. The van der Waals surface area contributed by atoms with E-state index in [0.717, 1.165) is 39.7 Å². The molecule has 2 aromatic carbocycles. The van der Waals surface area contributed by atoms with E-state index in [1.54, 1.807) is 28.8 Å². The van der Waals surface area contributed by atoms with Gasteiger partial charge in [-0.15, -0.1) is 0 Å². The van der Waals surface area contributed by atoms with E-state index in [1.807, 2.05) is 37.3 Å². The van der Waals surface area contributed by atoms with Crippen LogP contribution in [-0.4, -0.2) is 41.4 Å². The van der Waals surface area contributed by atoms with Crippen LogP contribution in [0.1, 0.15) is 11.3 Å². The molecule has 4 aromatic rings. The van der Waals surface area contributed by atoms with Crippen LogP contribution in [0.15, 0.2) is 65.6 Å². The van der Waals surface area contributed by atoms with Crippen LogP contribution >= 0.6 is 0 Å². The summed E-state index contributed by atoms with van der Waals surface area (Å²) in [7, 11) is -0.435. The van der Waals surface area contributed by atoms with Gasteiger partial charge in [-0.05, 0) is 43.7 Å². The highest BCUT2D eigenvalue weighted by Gasteiger charge is 2.17. The summed E-state index contributed by atoms with van der Waals surface area (Å²) < 4.78 is 27.5. The molecule has 8 heteroatoms. The van der Waals surface area contributed by atoms with Gasteiger partial charge in [-0.2, -0.15) is 9.61 Å². The summed E-state index contributed by atoms with van der Waals surface area (Å²) in [6.07, 6.45) is 0. The van der Waals surface area contributed by atoms with Gasteiger partial charge in [0.1, 0.15) is 5.82 Å². The van der Waals surface area contributed by atoms with Gasteiger partial charge in [0.15, 0.2) is 5.65 Å². The molecule has 0 aliphatic rings. The smallest absolute Gasteiger partial charge is 0.242 e. The summed E-state index contributed by atoms with van der Waals surface area (Å²) in [5.41, 5.74) is 5.38. The first kappa shape index (κ1) is 20.1. The average Bonchev–Trinajstić information content (AvgIpc) is 3.09. The van der Waals surface area contributed by atoms with Gasteiger partial charge in [-0.1, -0.05) is 24.3 Å². The normalized spacial score (nSPS) is 11.9. The van der Waals surface area contributed by atoms with Crippen molar-refractivity contribution in [1.82, 2.24) is 18.9 Å². The van der Waals surface area contributed by atoms with Gasteiger partial charge in [0.05, 0.1) is 16.3 Å². The fraction of sp³-hybridized carbons (Fsp3) is 0.182. The third-order valence-electron chi connectivity index (χ3n) is 4.88. The number of anilines is 2. The Morgan fingerprint density at radius 3 is 2.33 bits per heavy atom. The van der Waals surface area contributed by atoms with Crippen molar-refractivity contribution in [3.8, 4) is 11.3 Å². The van der Waals surface area contributed by atoms with Crippen molar-refractivity contribution in [2.45, 2.75) is 18.7 Å². The maximum absolute atomic E-state index is 12.3. The van der Waals surface area contributed by atoms with Gasteiger partial charge in [-0.25, -0.2) is 17.7 Å². The van der Waals surface area contributed by atoms with Gasteiger partial charge >= 0.3 is 0 Å². The fourth-order valence-electron chi connectivity index (χ4n) is 3.25. The van der Waals surface area contributed by atoms with Crippen molar-refractivity contribution in [1.29, 1.82) is 0 Å². The second kappa shape index (κ2) is 7.55. The summed E-state index contributed by atoms with van der Waals surface area (Å²) in [5.74, 6) is 0.745. The number of nitrogens with zero attached hydrogens (tertiary/aromatic N) is 4. The highest BCUT2D eigenvalue weighted by atomic mass is 32.2. The zero-order valence-electron chi connectivity index (χ0n) is 17.3. The van der Waals surface area contributed by atoms with Crippen molar-refractivity contribution in [3.05, 3.63) is 71.9 Å². The van der Waals surface area contributed by atoms with Crippen molar-refractivity contribution in [2.24, 2.45) is 0 Å². The lowest BCUT2D eigenvalue weighted by Gasteiger charge is -2.14. The number of nitrogens with one attached hydrogen (secondary N) is 1. The number of rotatable bonds is 5. The number of sulfonamides is 1. The van der Waals surface area contributed by atoms with Crippen LogP contribution in [0, 0.1) is 13.8 Å². The minimum Gasteiger partial charge on any atom is -0.340 e. The standard InChI is InChI=1S/C22H23N5O2S/c1-15-7-5-6-8-19(15)20-14-22(27-21(24-20)13-16(2)25-27)23-17-9-11-18(12-10-17)30(28,29)26(3)4/h5-14,23H,1-4H3. The predicted octanol–water partition coefficient (Wildman–Crippen LogP) is 4.01. The maximum Gasteiger partial charge on any atom is 0.242 e. The van der Waals surface area contributed by atoms with E-state index in [0.29, 0.717) is 0 Å². The van der Waals surface area contributed by atoms with E-state index in [2.05, 4.69) is 23.4 Å². The van der Waals surface area contributed by atoms with E-state index in [1.165, 1.54) is 18.4 Å². The van der Waals surface area contributed by atoms with Crippen molar-refractivity contribution in [3.63, 3.8) is 0 Å². The van der Waals surface area contributed by atoms with Crippen LogP contribution in [0.2, 0.25) is 0 Å². The van der Waals surface area contributed by atoms with Gasteiger partial charge < -0.3 is 5.32 Å². The first-order chi connectivity index (χ1) is 14.3. The van der Waals surface area contributed by atoms with Crippen molar-refractivity contribution >= 4 is 27.2 Å². The molecule has 0 spiro atoms. The monoisotopic (exact) mass is 421 g/mol. The van der Waals surface area contributed by atoms with Gasteiger partial charge in [0, 0.05) is 37.5 Å². The molecule has 2 heterocycles. The Balaban J connectivity index is 1.76. The molecule has 30 heavy (non-hydrogen) atoms.